The number of hydrogen-bond donors (Lipinski definition) is 1. The molecule has 1 aliphatic rings. The molecule has 26 heavy (non-hydrogen) atoms. The second-order valence-corrected chi connectivity index (χ2v) is 7.38. The van der Waals surface area contributed by atoms with E-state index in [2.05, 4.69) is 34.8 Å². The van der Waals surface area contributed by atoms with E-state index in [9.17, 15) is 4.79 Å². The number of aromatic nitrogens is 2. The van der Waals surface area contributed by atoms with Crippen LogP contribution in [0.4, 0.5) is 0 Å². The van der Waals surface area contributed by atoms with Gasteiger partial charge in [0.15, 0.2) is 0 Å². The summed E-state index contributed by atoms with van der Waals surface area (Å²) < 4.78 is 2.21. The van der Waals surface area contributed by atoms with Gasteiger partial charge in [-0.05, 0) is 38.9 Å². The van der Waals surface area contributed by atoms with Gasteiger partial charge in [-0.15, -0.1) is 0 Å². The summed E-state index contributed by atoms with van der Waals surface area (Å²) in [7, 11) is 2.19. The van der Waals surface area contributed by atoms with E-state index in [1.54, 1.807) is 0 Å². The lowest BCUT2D eigenvalue weighted by atomic mass is 9.94. The molecule has 1 aliphatic carbocycles. The first-order valence-corrected chi connectivity index (χ1v) is 10.1. The molecule has 2 aromatic rings. The summed E-state index contributed by atoms with van der Waals surface area (Å²) >= 11 is 0. The van der Waals surface area contributed by atoms with Crippen molar-refractivity contribution in [3.05, 3.63) is 30.1 Å². The predicted octanol–water partition coefficient (Wildman–Crippen LogP) is 3.37. The number of imidazole rings is 1. The van der Waals surface area contributed by atoms with Crippen LogP contribution in [-0.4, -0.2) is 46.5 Å². The van der Waals surface area contributed by atoms with Gasteiger partial charge in [-0.2, -0.15) is 0 Å². The van der Waals surface area contributed by atoms with Crippen LogP contribution in [0.5, 0.6) is 0 Å². The number of likely N-dealkylation sites (N-methyl/N-ethyl adjacent to an activating group) is 1. The third-order valence-corrected chi connectivity index (χ3v) is 5.61. The van der Waals surface area contributed by atoms with Gasteiger partial charge in [0.1, 0.15) is 5.82 Å². The van der Waals surface area contributed by atoms with Crippen LogP contribution < -0.4 is 5.32 Å². The van der Waals surface area contributed by atoms with Gasteiger partial charge in [-0.1, -0.05) is 31.4 Å². The molecule has 0 saturated heterocycles. The molecular weight excluding hydrogens is 324 g/mol. The smallest absolute Gasteiger partial charge is 0.220 e. The Morgan fingerprint density at radius 2 is 2.04 bits per heavy atom. The second-order valence-electron chi connectivity index (χ2n) is 7.38. The zero-order chi connectivity index (χ0) is 18.4. The fourth-order valence-electron chi connectivity index (χ4n) is 4.06. The zero-order valence-corrected chi connectivity index (χ0v) is 16.2. The molecule has 3 rings (SSSR count). The van der Waals surface area contributed by atoms with Gasteiger partial charge in [0.05, 0.1) is 11.0 Å². The highest BCUT2D eigenvalue weighted by molar-refractivity contribution is 5.77. The first-order chi connectivity index (χ1) is 12.7. The molecule has 1 aromatic heterocycles. The minimum atomic E-state index is 0.122. The Morgan fingerprint density at radius 3 is 2.81 bits per heavy atom. The Balaban J connectivity index is 1.44. The standard InChI is InChI=1S/C21H32N4O/c1-3-25-19-12-8-7-11-18(19)23-20(25)13-14-21(26)22-15-16-24(2)17-9-5-4-6-10-17/h7-8,11-12,17H,3-6,9-10,13-16H2,1-2H3,(H,22,26). The van der Waals surface area contributed by atoms with E-state index in [0.717, 1.165) is 36.5 Å². The monoisotopic (exact) mass is 356 g/mol. The minimum Gasteiger partial charge on any atom is -0.355 e. The maximum atomic E-state index is 12.2. The summed E-state index contributed by atoms with van der Waals surface area (Å²) in [5, 5.41) is 3.08. The van der Waals surface area contributed by atoms with Gasteiger partial charge < -0.3 is 14.8 Å². The van der Waals surface area contributed by atoms with Gasteiger partial charge >= 0.3 is 0 Å². The number of hydrogen-bond acceptors (Lipinski definition) is 3. The summed E-state index contributed by atoms with van der Waals surface area (Å²) in [6.07, 6.45) is 7.86. The fourth-order valence-corrected chi connectivity index (χ4v) is 4.06. The van der Waals surface area contributed by atoms with E-state index in [4.69, 9.17) is 4.98 Å². The van der Waals surface area contributed by atoms with Crippen LogP contribution in [0, 0.1) is 0 Å². The summed E-state index contributed by atoms with van der Waals surface area (Å²) in [4.78, 5) is 19.3. The molecule has 1 heterocycles. The van der Waals surface area contributed by atoms with Gasteiger partial charge in [-0.25, -0.2) is 4.98 Å². The van der Waals surface area contributed by atoms with Crippen molar-refractivity contribution in [1.82, 2.24) is 19.8 Å². The molecule has 1 saturated carbocycles. The molecule has 0 spiro atoms. The highest BCUT2D eigenvalue weighted by Gasteiger charge is 2.17. The number of nitrogens with one attached hydrogen (secondary N) is 1. The third kappa shape index (κ3) is 4.64. The zero-order valence-electron chi connectivity index (χ0n) is 16.2. The van der Waals surface area contributed by atoms with Gasteiger partial charge in [-0.3, -0.25) is 4.79 Å². The summed E-state index contributed by atoms with van der Waals surface area (Å²) in [5.41, 5.74) is 2.17. The SMILES string of the molecule is CCn1c(CCC(=O)NCCN(C)C2CCCCC2)nc2ccccc21. The lowest BCUT2D eigenvalue weighted by molar-refractivity contribution is -0.121. The Hall–Kier alpha value is -1.88. The molecule has 0 atom stereocenters. The molecule has 0 unspecified atom stereocenters. The van der Waals surface area contributed by atoms with E-state index < -0.39 is 0 Å². The molecule has 142 valence electrons. The van der Waals surface area contributed by atoms with E-state index in [0.29, 0.717) is 18.9 Å². The van der Waals surface area contributed by atoms with Crippen LogP contribution in [0.25, 0.3) is 11.0 Å². The first-order valence-electron chi connectivity index (χ1n) is 10.1. The van der Waals surface area contributed by atoms with Crippen molar-refractivity contribution in [2.45, 2.75) is 64.5 Å². The molecular formula is C21H32N4O. The van der Waals surface area contributed by atoms with Crippen LogP contribution in [-0.2, 0) is 17.8 Å². The molecule has 1 aromatic carbocycles. The van der Waals surface area contributed by atoms with Crippen molar-refractivity contribution in [3.8, 4) is 0 Å². The van der Waals surface area contributed by atoms with Crippen LogP contribution in [0.2, 0.25) is 0 Å². The molecule has 1 amide bonds. The molecule has 1 N–H and O–H groups in total. The fraction of sp³-hybridized carbons (Fsp3) is 0.619. The number of amides is 1. The quantitative estimate of drug-likeness (QED) is 0.789. The van der Waals surface area contributed by atoms with Crippen LogP contribution in [0.3, 0.4) is 0 Å². The minimum absolute atomic E-state index is 0.122. The highest BCUT2D eigenvalue weighted by atomic mass is 16.1. The molecule has 0 bridgehead atoms. The van der Waals surface area contributed by atoms with Gasteiger partial charge in [0.25, 0.3) is 0 Å². The largest absolute Gasteiger partial charge is 0.355 e. The van der Waals surface area contributed by atoms with Gasteiger partial charge in [0.2, 0.25) is 5.91 Å². The number of fused-ring (bicyclic) bond motifs is 1. The van der Waals surface area contributed by atoms with Crippen molar-refractivity contribution in [2.24, 2.45) is 0 Å². The first kappa shape index (κ1) is 18.9. The van der Waals surface area contributed by atoms with Crippen molar-refractivity contribution >= 4 is 16.9 Å². The average molecular weight is 357 g/mol. The Labute approximate surface area is 156 Å². The number of carbonyl (C=O) groups excluding carboxylic acids is 1. The third-order valence-electron chi connectivity index (χ3n) is 5.61. The normalized spacial score (nSPS) is 15.7. The maximum Gasteiger partial charge on any atom is 0.220 e. The maximum absolute atomic E-state index is 12.2. The number of para-hydroxylation sites is 2. The molecule has 5 nitrogen and oxygen atoms in total. The van der Waals surface area contributed by atoms with Crippen molar-refractivity contribution in [1.29, 1.82) is 0 Å². The number of aryl methyl sites for hydroxylation is 2. The van der Waals surface area contributed by atoms with E-state index in [1.165, 1.54) is 32.1 Å². The molecule has 1 fully saturated rings. The lowest BCUT2D eigenvalue weighted by Gasteiger charge is -2.31. The second kappa shape index (κ2) is 9.17. The number of carbonyl (C=O) groups is 1. The highest BCUT2D eigenvalue weighted by Crippen LogP contribution is 2.21. The average Bonchev–Trinajstić information content (AvgIpc) is 3.04. The van der Waals surface area contributed by atoms with Crippen LogP contribution in [0.15, 0.2) is 24.3 Å². The summed E-state index contributed by atoms with van der Waals surface area (Å²) in [6.45, 7) is 4.67. The molecule has 5 heteroatoms. The summed E-state index contributed by atoms with van der Waals surface area (Å²) in [5.74, 6) is 1.12. The van der Waals surface area contributed by atoms with Crippen molar-refractivity contribution < 1.29 is 4.79 Å². The lowest BCUT2D eigenvalue weighted by Crippen LogP contribution is -2.39. The van der Waals surface area contributed by atoms with Gasteiger partial charge in [0, 0.05) is 38.5 Å². The topological polar surface area (TPSA) is 50.2 Å². The van der Waals surface area contributed by atoms with E-state index in [1.807, 2.05) is 18.2 Å². The number of rotatable bonds is 8. The van der Waals surface area contributed by atoms with Crippen molar-refractivity contribution in [3.63, 3.8) is 0 Å². The van der Waals surface area contributed by atoms with Crippen LogP contribution in [0.1, 0.15) is 51.3 Å². The number of benzene rings is 1. The Bertz CT molecular complexity index is 718. The summed E-state index contributed by atoms with van der Waals surface area (Å²) in [6, 6.07) is 8.87. The Kier molecular flexibility index (Phi) is 6.67. The predicted molar refractivity (Wildman–Crippen MR) is 106 cm³/mol. The molecule has 0 radical (unpaired) electrons. The Morgan fingerprint density at radius 1 is 1.27 bits per heavy atom. The van der Waals surface area contributed by atoms with Crippen molar-refractivity contribution in [2.75, 3.05) is 20.1 Å². The van der Waals surface area contributed by atoms with E-state index in [-0.39, 0.29) is 5.91 Å². The van der Waals surface area contributed by atoms with E-state index >= 15 is 0 Å². The van der Waals surface area contributed by atoms with Crippen LogP contribution >= 0.6 is 0 Å². The number of nitrogens with zero attached hydrogens (tertiary/aromatic N) is 3. The molecule has 0 aliphatic heterocycles.